The maximum Gasteiger partial charge on any atom is 0.248 e. The zero-order valence-corrected chi connectivity index (χ0v) is 14.1. The van der Waals surface area contributed by atoms with Crippen molar-refractivity contribution in [1.82, 2.24) is 9.88 Å². The Bertz CT molecular complexity index is 680. The number of anilines is 1. The monoisotopic (exact) mass is 331 g/mol. The van der Waals surface area contributed by atoms with Gasteiger partial charge in [-0.15, -0.1) is 0 Å². The SMILES string of the molecule is CCCC(=O)N1CCCCC1C(=O)Nc1nc2ccccc2s1. The molecule has 1 aliphatic heterocycles. The van der Waals surface area contributed by atoms with Gasteiger partial charge in [0, 0.05) is 13.0 Å². The second-order valence-electron chi connectivity index (χ2n) is 5.82. The lowest BCUT2D eigenvalue weighted by molar-refractivity contribution is -0.140. The molecule has 6 heteroatoms. The van der Waals surface area contributed by atoms with Crippen LogP contribution in [0.5, 0.6) is 0 Å². The molecule has 1 aromatic heterocycles. The van der Waals surface area contributed by atoms with Gasteiger partial charge in [-0.1, -0.05) is 30.4 Å². The number of likely N-dealkylation sites (tertiary alicyclic amines) is 1. The van der Waals surface area contributed by atoms with Crippen molar-refractivity contribution in [2.75, 3.05) is 11.9 Å². The van der Waals surface area contributed by atoms with Gasteiger partial charge >= 0.3 is 0 Å². The summed E-state index contributed by atoms with van der Waals surface area (Å²) < 4.78 is 1.05. The van der Waals surface area contributed by atoms with E-state index in [1.807, 2.05) is 31.2 Å². The summed E-state index contributed by atoms with van der Waals surface area (Å²) in [5.41, 5.74) is 0.885. The number of nitrogens with zero attached hydrogens (tertiary/aromatic N) is 2. The molecular weight excluding hydrogens is 310 g/mol. The van der Waals surface area contributed by atoms with Crippen LogP contribution in [0.15, 0.2) is 24.3 Å². The molecule has 23 heavy (non-hydrogen) atoms. The lowest BCUT2D eigenvalue weighted by atomic mass is 10.0. The molecule has 1 aromatic carbocycles. The normalized spacial score (nSPS) is 18.1. The number of aromatic nitrogens is 1. The van der Waals surface area contributed by atoms with Crippen molar-refractivity contribution in [3.05, 3.63) is 24.3 Å². The summed E-state index contributed by atoms with van der Waals surface area (Å²) in [5, 5.41) is 3.50. The van der Waals surface area contributed by atoms with Gasteiger partial charge in [0.05, 0.1) is 10.2 Å². The summed E-state index contributed by atoms with van der Waals surface area (Å²) in [7, 11) is 0. The number of rotatable bonds is 4. The van der Waals surface area contributed by atoms with Crippen LogP contribution in [-0.4, -0.2) is 34.3 Å². The molecule has 1 aliphatic rings. The molecule has 5 nitrogen and oxygen atoms in total. The molecule has 1 fully saturated rings. The minimum absolute atomic E-state index is 0.0802. The molecule has 2 amide bonds. The van der Waals surface area contributed by atoms with Crippen molar-refractivity contribution in [1.29, 1.82) is 0 Å². The molecule has 1 N–H and O–H groups in total. The first-order valence-electron chi connectivity index (χ1n) is 8.15. The first-order chi connectivity index (χ1) is 11.2. The van der Waals surface area contributed by atoms with Gasteiger partial charge in [0.2, 0.25) is 11.8 Å². The summed E-state index contributed by atoms with van der Waals surface area (Å²) in [5.74, 6) is -0.0372. The van der Waals surface area contributed by atoms with E-state index in [1.54, 1.807) is 4.90 Å². The maximum absolute atomic E-state index is 12.6. The molecule has 1 saturated heterocycles. The van der Waals surface area contributed by atoms with Crippen molar-refractivity contribution in [3.8, 4) is 0 Å². The Kier molecular flexibility index (Phi) is 4.91. The van der Waals surface area contributed by atoms with Gasteiger partial charge in [-0.05, 0) is 37.8 Å². The molecule has 122 valence electrons. The fourth-order valence-electron chi connectivity index (χ4n) is 2.97. The van der Waals surface area contributed by atoms with Gasteiger partial charge in [-0.2, -0.15) is 0 Å². The molecule has 1 atom stereocenters. The Morgan fingerprint density at radius 1 is 1.35 bits per heavy atom. The zero-order valence-electron chi connectivity index (χ0n) is 13.2. The number of carbonyl (C=O) groups is 2. The van der Waals surface area contributed by atoms with Gasteiger partial charge < -0.3 is 10.2 Å². The minimum Gasteiger partial charge on any atom is -0.331 e. The van der Waals surface area contributed by atoms with Gasteiger partial charge in [0.1, 0.15) is 6.04 Å². The summed E-state index contributed by atoms with van der Waals surface area (Å²) >= 11 is 1.46. The fraction of sp³-hybridized carbons (Fsp3) is 0.471. The molecule has 0 radical (unpaired) electrons. The van der Waals surface area contributed by atoms with Crippen molar-refractivity contribution in [2.45, 2.75) is 45.1 Å². The van der Waals surface area contributed by atoms with Gasteiger partial charge in [0.25, 0.3) is 0 Å². The van der Waals surface area contributed by atoms with Crippen LogP contribution in [0.2, 0.25) is 0 Å². The van der Waals surface area contributed by atoms with Crippen LogP contribution < -0.4 is 5.32 Å². The van der Waals surface area contributed by atoms with Crippen LogP contribution >= 0.6 is 11.3 Å². The summed E-state index contributed by atoms with van der Waals surface area (Å²) in [6.45, 7) is 2.66. The van der Waals surface area contributed by atoms with Crippen molar-refractivity contribution >= 4 is 38.5 Å². The highest BCUT2D eigenvalue weighted by Gasteiger charge is 2.31. The Morgan fingerprint density at radius 3 is 2.96 bits per heavy atom. The highest BCUT2D eigenvalue weighted by Crippen LogP contribution is 2.26. The minimum atomic E-state index is -0.366. The third-order valence-corrected chi connectivity index (χ3v) is 5.07. The lowest BCUT2D eigenvalue weighted by Crippen LogP contribution is -2.49. The number of hydrogen-bond acceptors (Lipinski definition) is 4. The molecule has 0 aliphatic carbocycles. The molecule has 0 bridgehead atoms. The second-order valence-corrected chi connectivity index (χ2v) is 6.86. The predicted octanol–water partition coefficient (Wildman–Crippen LogP) is 3.42. The number of amides is 2. The quantitative estimate of drug-likeness (QED) is 0.934. The third kappa shape index (κ3) is 3.52. The number of piperidine rings is 1. The highest BCUT2D eigenvalue weighted by atomic mass is 32.1. The van der Waals surface area contributed by atoms with Gasteiger partial charge in [0.15, 0.2) is 5.13 Å². The Labute approximate surface area is 139 Å². The van der Waals surface area contributed by atoms with E-state index in [2.05, 4.69) is 10.3 Å². The second kappa shape index (κ2) is 7.08. The first-order valence-corrected chi connectivity index (χ1v) is 8.96. The smallest absolute Gasteiger partial charge is 0.248 e. The van der Waals surface area contributed by atoms with Gasteiger partial charge in [-0.25, -0.2) is 4.98 Å². The van der Waals surface area contributed by atoms with E-state index in [4.69, 9.17) is 0 Å². The molecule has 3 rings (SSSR count). The largest absolute Gasteiger partial charge is 0.331 e. The average molecular weight is 331 g/mol. The predicted molar refractivity (Wildman–Crippen MR) is 92.5 cm³/mol. The van der Waals surface area contributed by atoms with Gasteiger partial charge in [-0.3, -0.25) is 9.59 Å². The summed E-state index contributed by atoms with van der Waals surface area (Å²) in [6, 6.07) is 7.44. The molecule has 0 spiro atoms. The number of para-hydroxylation sites is 1. The highest BCUT2D eigenvalue weighted by molar-refractivity contribution is 7.22. The van der Waals surface area contributed by atoms with Crippen LogP contribution in [0.3, 0.4) is 0 Å². The molecule has 0 saturated carbocycles. The van der Waals surface area contributed by atoms with E-state index in [-0.39, 0.29) is 17.9 Å². The average Bonchev–Trinajstić information content (AvgIpc) is 2.97. The lowest BCUT2D eigenvalue weighted by Gasteiger charge is -2.34. The molecule has 2 heterocycles. The summed E-state index contributed by atoms with van der Waals surface area (Å²) in [4.78, 5) is 31.0. The van der Waals surface area contributed by atoms with E-state index in [9.17, 15) is 9.59 Å². The van der Waals surface area contributed by atoms with E-state index < -0.39 is 0 Å². The number of benzene rings is 1. The van der Waals surface area contributed by atoms with Crippen LogP contribution in [0.25, 0.3) is 10.2 Å². The van der Waals surface area contributed by atoms with E-state index >= 15 is 0 Å². The van der Waals surface area contributed by atoms with Crippen molar-refractivity contribution < 1.29 is 9.59 Å². The number of fused-ring (bicyclic) bond motifs is 1. The first kappa shape index (κ1) is 15.9. The van der Waals surface area contributed by atoms with Crippen LogP contribution in [0, 0.1) is 0 Å². The molecular formula is C17H21N3O2S. The van der Waals surface area contributed by atoms with E-state index in [0.29, 0.717) is 18.1 Å². The van der Waals surface area contributed by atoms with Crippen LogP contribution in [0.1, 0.15) is 39.0 Å². The molecule has 2 aromatic rings. The van der Waals surface area contributed by atoms with Crippen molar-refractivity contribution in [3.63, 3.8) is 0 Å². The van der Waals surface area contributed by atoms with Crippen molar-refractivity contribution in [2.24, 2.45) is 0 Å². The number of thiazole rings is 1. The van der Waals surface area contributed by atoms with E-state index in [1.165, 1.54) is 11.3 Å². The Hall–Kier alpha value is -1.95. The van der Waals surface area contributed by atoms with E-state index in [0.717, 1.165) is 35.9 Å². The Balaban J connectivity index is 1.73. The third-order valence-electron chi connectivity index (χ3n) is 4.11. The Morgan fingerprint density at radius 2 is 2.17 bits per heavy atom. The number of hydrogen-bond donors (Lipinski definition) is 1. The molecule has 1 unspecified atom stereocenters. The topological polar surface area (TPSA) is 62.3 Å². The zero-order chi connectivity index (χ0) is 16.2. The number of nitrogens with one attached hydrogen (secondary N) is 1. The standard InChI is InChI=1S/C17H21N3O2S/c1-2-7-15(21)20-11-6-5-9-13(20)16(22)19-17-18-12-8-3-4-10-14(12)23-17/h3-4,8,10,13H,2,5-7,9,11H2,1H3,(H,18,19,22). The van der Waals surface area contributed by atoms with Crippen LogP contribution in [-0.2, 0) is 9.59 Å². The maximum atomic E-state index is 12.6. The fourth-order valence-corrected chi connectivity index (χ4v) is 3.84. The van der Waals surface area contributed by atoms with Crippen LogP contribution in [0.4, 0.5) is 5.13 Å². The number of carbonyl (C=O) groups excluding carboxylic acids is 2. The summed E-state index contributed by atoms with van der Waals surface area (Å²) in [6.07, 6.45) is 3.99.